The molecule has 1 aromatic rings. The minimum Gasteiger partial charge on any atom is -0.511 e. The number of anilines is 1. The van der Waals surface area contributed by atoms with Gasteiger partial charge in [0.05, 0.1) is 5.57 Å². The van der Waals surface area contributed by atoms with E-state index in [1.165, 1.54) is 0 Å². The van der Waals surface area contributed by atoms with Crippen LogP contribution in [0.25, 0.3) is 0 Å². The number of thiocarbonyl (C=S) groups is 1. The van der Waals surface area contributed by atoms with E-state index < -0.39 is 0 Å². The number of ketones is 1. The summed E-state index contributed by atoms with van der Waals surface area (Å²) in [5.74, 6) is 0.170. The second-order valence-corrected chi connectivity index (χ2v) is 6.52. The summed E-state index contributed by atoms with van der Waals surface area (Å²) in [4.78, 5) is 12.8. The number of aliphatic hydroxyl groups is 1. The van der Waals surface area contributed by atoms with E-state index in [0.29, 0.717) is 10.6 Å². The first-order valence-electron chi connectivity index (χ1n) is 6.76. The van der Waals surface area contributed by atoms with Gasteiger partial charge in [0.25, 0.3) is 0 Å². The molecule has 3 aliphatic rings. The van der Waals surface area contributed by atoms with Gasteiger partial charge in [0, 0.05) is 17.5 Å². The third-order valence-corrected chi connectivity index (χ3v) is 4.98. The first kappa shape index (κ1) is 13.3. The summed E-state index contributed by atoms with van der Waals surface area (Å²) < 4.78 is 0. The molecule has 0 aromatic heterocycles. The Kier molecular flexibility index (Phi) is 2.94. The number of carbonyl (C=O) groups excluding carboxylic acids is 1. The molecule has 4 heteroatoms. The second-order valence-electron chi connectivity index (χ2n) is 6.11. The van der Waals surface area contributed by atoms with Crippen molar-refractivity contribution >= 4 is 28.7 Å². The average molecular weight is 287 g/mol. The van der Waals surface area contributed by atoms with E-state index in [1.807, 2.05) is 44.2 Å². The molecule has 4 rings (SSSR count). The number of aliphatic hydroxyl groups excluding tert-OH is 1. The van der Waals surface area contributed by atoms with Crippen LogP contribution in [0.15, 0.2) is 41.7 Å². The maximum absolute atomic E-state index is 12.5. The van der Waals surface area contributed by atoms with E-state index >= 15 is 0 Å². The molecule has 0 saturated heterocycles. The molecule has 0 heterocycles. The highest BCUT2D eigenvalue weighted by atomic mass is 32.1. The quantitative estimate of drug-likeness (QED) is 0.818. The molecule has 20 heavy (non-hydrogen) atoms. The zero-order valence-corrected chi connectivity index (χ0v) is 12.3. The van der Waals surface area contributed by atoms with Gasteiger partial charge in [-0.3, -0.25) is 4.79 Å². The highest BCUT2D eigenvalue weighted by Crippen LogP contribution is 2.59. The lowest BCUT2D eigenvalue weighted by molar-refractivity contribution is -0.137. The molecule has 1 saturated carbocycles. The van der Waals surface area contributed by atoms with Gasteiger partial charge in [0.1, 0.15) is 10.7 Å². The van der Waals surface area contributed by atoms with Crippen LogP contribution in [0, 0.1) is 17.3 Å². The van der Waals surface area contributed by atoms with Crippen molar-refractivity contribution in [2.75, 3.05) is 5.32 Å². The Morgan fingerprint density at radius 3 is 2.50 bits per heavy atom. The number of nitrogens with one attached hydrogen (secondary N) is 1. The Morgan fingerprint density at radius 2 is 1.95 bits per heavy atom. The fourth-order valence-electron chi connectivity index (χ4n) is 3.25. The maximum atomic E-state index is 12.5. The molecule has 2 bridgehead atoms. The molecule has 2 atom stereocenters. The van der Waals surface area contributed by atoms with E-state index in [-0.39, 0.29) is 28.8 Å². The number of hydrogen-bond donors (Lipinski definition) is 2. The number of hydrogen-bond acceptors (Lipinski definition) is 3. The van der Waals surface area contributed by atoms with Crippen molar-refractivity contribution in [2.24, 2.45) is 17.3 Å². The molecular weight excluding hydrogens is 270 g/mol. The Labute approximate surface area is 123 Å². The fraction of sp³-hybridized carbons (Fsp3) is 0.375. The third kappa shape index (κ3) is 1.79. The van der Waals surface area contributed by atoms with Gasteiger partial charge in [0.15, 0.2) is 5.78 Å². The molecule has 104 valence electrons. The fourth-order valence-corrected chi connectivity index (χ4v) is 3.58. The van der Waals surface area contributed by atoms with Crippen molar-refractivity contribution in [1.29, 1.82) is 0 Å². The van der Waals surface area contributed by atoms with Gasteiger partial charge in [-0.05, 0) is 24.0 Å². The van der Waals surface area contributed by atoms with E-state index in [0.717, 1.165) is 12.1 Å². The Morgan fingerprint density at radius 1 is 1.30 bits per heavy atom. The van der Waals surface area contributed by atoms with Crippen molar-refractivity contribution in [3.05, 3.63) is 41.7 Å². The van der Waals surface area contributed by atoms with Crippen LogP contribution in [0.3, 0.4) is 0 Å². The van der Waals surface area contributed by atoms with Crippen molar-refractivity contribution in [3.8, 4) is 0 Å². The SMILES string of the molecule is CC1(C)[C@@H]2C[C@H]1C(=O)C(C(=S)Nc1ccccc1)=C2O. The zero-order valence-electron chi connectivity index (χ0n) is 11.5. The topological polar surface area (TPSA) is 49.3 Å². The van der Waals surface area contributed by atoms with Gasteiger partial charge in [-0.1, -0.05) is 44.3 Å². The highest BCUT2D eigenvalue weighted by molar-refractivity contribution is 7.81. The summed E-state index contributed by atoms with van der Waals surface area (Å²) in [5, 5.41) is 13.4. The standard InChI is InChI=1S/C16H17NO2S/c1-16(2)10-8-11(16)14(19)12(13(10)18)15(20)17-9-6-4-3-5-7-9/h3-7,10-11,18H,8H2,1-2H3,(H,17,20)/t10-,11+/m1/s1. The van der Waals surface area contributed by atoms with Crippen molar-refractivity contribution < 1.29 is 9.90 Å². The summed E-state index contributed by atoms with van der Waals surface area (Å²) in [7, 11) is 0. The molecule has 0 unspecified atom stereocenters. The number of rotatable bonds is 2. The van der Waals surface area contributed by atoms with Gasteiger partial charge in [-0.2, -0.15) is 0 Å². The predicted octanol–water partition coefficient (Wildman–Crippen LogP) is 3.48. The molecule has 2 N–H and O–H groups in total. The molecule has 0 amide bonds. The number of carbonyl (C=O) groups is 1. The predicted molar refractivity (Wildman–Crippen MR) is 82.7 cm³/mol. The summed E-state index contributed by atoms with van der Waals surface area (Å²) in [6.45, 7) is 4.06. The van der Waals surface area contributed by atoms with Crippen LogP contribution in [0.5, 0.6) is 0 Å². The van der Waals surface area contributed by atoms with Crippen LogP contribution >= 0.6 is 12.2 Å². The Bertz CT molecular complexity index is 619. The normalized spacial score (nSPS) is 27.0. The zero-order chi connectivity index (χ0) is 14.5. The highest BCUT2D eigenvalue weighted by Gasteiger charge is 2.59. The maximum Gasteiger partial charge on any atom is 0.172 e. The molecule has 0 radical (unpaired) electrons. The van der Waals surface area contributed by atoms with Crippen LogP contribution in [0.2, 0.25) is 0 Å². The molecular formula is C16H17NO2S. The average Bonchev–Trinajstić information content (AvgIpc) is 2.38. The number of para-hydroxylation sites is 1. The van der Waals surface area contributed by atoms with Gasteiger partial charge in [-0.15, -0.1) is 0 Å². The van der Waals surface area contributed by atoms with Crippen LogP contribution in [-0.4, -0.2) is 15.9 Å². The van der Waals surface area contributed by atoms with Gasteiger partial charge in [-0.25, -0.2) is 0 Å². The molecule has 1 fully saturated rings. The Balaban J connectivity index is 1.89. The number of fused-ring (bicyclic) bond motifs is 1. The second kappa shape index (κ2) is 4.42. The minimum atomic E-state index is -0.146. The Hall–Kier alpha value is -1.68. The van der Waals surface area contributed by atoms with Crippen molar-refractivity contribution in [3.63, 3.8) is 0 Å². The summed E-state index contributed by atoms with van der Waals surface area (Å²) >= 11 is 5.31. The first-order chi connectivity index (χ1) is 9.43. The van der Waals surface area contributed by atoms with Gasteiger partial charge >= 0.3 is 0 Å². The van der Waals surface area contributed by atoms with Gasteiger partial charge < -0.3 is 10.4 Å². The first-order valence-corrected chi connectivity index (χ1v) is 7.17. The lowest BCUT2D eigenvalue weighted by atomic mass is 9.48. The van der Waals surface area contributed by atoms with Crippen LogP contribution in [-0.2, 0) is 4.79 Å². The largest absolute Gasteiger partial charge is 0.511 e. The summed E-state index contributed by atoms with van der Waals surface area (Å²) in [6, 6.07) is 9.45. The van der Waals surface area contributed by atoms with Crippen LogP contribution < -0.4 is 5.32 Å². The lowest BCUT2D eigenvalue weighted by Gasteiger charge is -2.54. The van der Waals surface area contributed by atoms with E-state index in [4.69, 9.17) is 12.2 Å². The van der Waals surface area contributed by atoms with Crippen LogP contribution in [0.4, 0.5) is 5.69 Å². The van der Waals surface area contributed by atoms with E-state index in [1.54, 1.807) is 0 Å². The number of Topliss-reactive ketones (excluding diaryl/α,β-unsaturated/α-hetero) is 1. The number of benzene rings is 1. The van der Waals surface area contributed by atoms with E-state index in [9.17, 15) is 9.90 Å². The number of allylic oxidation sites excluding steroid dienone is 1. The summed E-state index contributed by atoms with van der Waals surface area (Å²) in [6.07, 6.45) is 0.745. The van der Waals surface area contributed by atoms with Gasteiger partial charge in [0.2, 0.25) is 0 Å². The van der Waals surface area contributed by atoms with E-state index in [2.05, 4.69) is 5.32 Å². The monoisotopic (exact) mass is 287 g/mol. The summed E-state index contributed by atoms with van der Waals surface area (Å²) in [5.41, 5.74) is 0.987. The minimum absolute atomic E-state index is 0.0195. The molecule has 0 aliphatic heterocycles. The molecule has 3 aliphatic carbocycles. The van der Waals surface area contributed by atoms with Crippen molar-refractivity contribution in [1.82, 2.24) is 0 Å². The third-order valence-electron chi connectivity index (χ3n) is 4.68. The van der Waals surface area contributed by atoms with Crippen LogP contribution in [0.1, 0.15) is 20.3 Å². The smallest absolute Gasteiger partial charge is 0.172 e. The van der Waals surface area contributed by atoms with Crippen molar-refractivity contribution in [2.45, 2.75) is 20.3 Å². The molecule has 1 aromatic carbocycles. The molecule has 0 spiro atoms. The molecule has 3 nitrogen and oxygen atoms in total. The lowest BCUT2D eigenvalue weighted by Crippen LogP contribution is -2.55.